The number of cyclic esters (lactones) is 1. The Morgan fingerprint density at radius 1 is 1.38 bits per heavy atom. The predicted molar refractivity (Wildman–Crippen MR) is 90.2 cm³/mol. The zero-order chi connectivity index (χ0) is 18.3. The SMILES string of the molecule is CC(=O)NC[C@H]1CN(c2ccc3c(c2F)CCCc2oncc2-3)C(=O)O1. The molecule has 1 N–H and O–H groups in total. The number of fused-ring (bicyclic) bond motifs is 3. The number of amides is 2. The molecule has 8 heteroatoms. The van der Waals surface area contributed by atoms with E-state index in [1.807, 2.05) is 0 Å². The van der Waals surface area contributed by atoms with Gasteiger partial charge in [-0.1, -0.05) is 11.2 Å². The monoisotopic (exact) mass is 359 g/mol. The molecule has 1 aliphatic heterocycles. The number of halogens is 1. The highest BCUT2D eigenvalue weighted by molar-refractivity contribution is 5.91. The fourth-order valence-corrected chi connectivity index (χ4v) is 3.49. The highest BCUT2D eigenvalue weighted by Crippen LogP contribution is 2.37. The second-order valence-corrected chi connectivity index (χ2v) is 6.49. The van der Waals surface area contributed by atoms with Crippen molar-refractivity contribution in [2.45, 2.75) is 32.3 Å². The number of benzene rings is 1. The summed E-state index contributed by atoms with van der Waals surface area (Å²) in [4.78, 5) is 24.5. The normalized spacial score (nSPS) is 18.8. The van der Waals surface area contributed by atoms with Gasteiger partial charge in [-0.15, -0.1) is 0 Å². The van der Waals surface area contributed by atoms with Gasteiger partial charge in [0.2, 0.25) is 5.91 Å². The minimum absolute atomic E-state index is 0.188. The second-order valence-electron chi connectivity index (χ2n) is 6.49. The standard InChI is InChI=1S/C18H18FN3O4/c1-10(23)20-7-11-9-22(18(24)25-11)15-6-5-12-13(17(15)19)3-2-4-16-14(12)8-21-26-16/h5-6,8,11H,2-4,7,9H2,1H3,(H,20,23)/t11-/m0/s1. The summed E-state index contributed by atoms with van der Waals surface area (Å²) in [5.74, 6) is 0.126. The van der Waals surface area contributed by atoms with Crippen LogP contribution in [0.15, 0.2) is 22.9 Å². The summed E-state index contributed by atoms with van der Waals surface area (Å²) >= 11 is 0. The Bertz CT molecular complexity index is 879. The Morgan fingerprint density at radius 3 is 3.04 bits per heavy atom. The van der Waals surface area contributed by atoms with E-state index in [9.17, 15) is 9.59 Å². The topological polar surface area (TPSA) is 84.7 Å². The third-order valence-electron chi connectivity index (χ3n) is 4.73. The number of aromatic nitrogens is 1. The largest absolute Gasteiger partial charge is 0.442 e. The van der Waals surface area contributed by atoms with Crippen LogP contribution in [0.5, 0.6) is 0 Å². The molecular weight excluding hydrogens is 341 g/mol. The molecule has 0 bridgehead atoms. The molecule has 2 amide bonds. The van der Waals surface area contributed by atoms with Crippen LogP contribution in [0.3, 0.4) is 0 Å². The van der Waals surface area contributed by atoms with Gasteiger partial charge in [0.15, 0.2) is 5.82 Å². The maximum Gasteiger partial charge on any atom is 0.414 e. The van der Waals surface area contributed by atoms with Gasteiger partial charge in [0.1, 0.15) is 11.9 Å². The summed E-state index contributed by atoms with van der Waals surface area (Å²) in [7, 11) is 0. The van der Waals surface area contributed by atoms with E-state index < -0.39 is 18.0 Å². The summed E-state index contributed by atoms with van der Waals surface area (Å²) in [5.41, 5.74) is 2.30. The first-order chi connectivity index (χ1) is 12.5. The van der Waals surface area contributed by atoms with Gasteiger partial charge in [-0.2, -0.15) is 0 Å². The van der Waals surface area contributed by atoms with Crippen molar-refractivity contribution in [2.75, 3.05) is 18.0 Å². The van der Waals surface area contributed by atoms with Gasteiger partial charge < -0.3 is 14.6 Å². The Morgan fingerprint density at radius 2 is 2.23 bits per heavy atom. The van der Waals surface area contributed by atoms with E-state index in [4.69, 9.17) is 9.26 Å². The van der Waals surface area contributed by atoms with Gasteiger partial charge in [-0.3, -0.25) is 9.69 Å². The lowest BCUT2D eigenvalue weighted by molar-refractivity contribution is -0.119. The lowest BCUT2D eigenvalue weighted by atomic mass is 9.98. The van der Waals surface area contributed by atoms with Crippen molar-refractivity contribution < 1.29 is 23.2 Å². The Balaban J connectivity index is 1.64. The highest BCUT2D eigenvalue weighted by Gasteiger charge is 2.35. The number of aryl methyl sites for hydroxylation is 1. The molecule has 2 aliphatic rings. The van der Waals surface area contributed by atoms with Gasteiger partial charge >= 0.3 is 6.09 Å². The molecule has 0 radical (unpaired) electrons. The molecule has 1 saturated heterocycles. The molecule has 1 fully saturated rings. The fourth-order valence-electron chi connectivity index (χ4n) is 3.49. The van der Waals surface area contributed by atoms with E-state index in [1.165, 1.54) is 11.8 Å². The van der Waals surface area contributed by atoms with Crippen molar-refractivity contribution in [3.63, 3.8) is 0 Å². The van der Waals surface area contributed by atoms with Crippen LogP contribution in [0, 0.1) is 5.82 Å². The molecule has 1 aromatic heterocycles. The number of carbonyl (C=O) groups excluding carboxylic acids is 2. The Hall–Kier alpha value is -2.90. The molecule has 0 saturated carbocycles. The van der Waals surface area contributed by atoms with Gasteiger partial charge in [-0.05, 0) is 30.0 Å². The Labute approximate surface area is 149 Å². The number of anilines is 1. The van der Waals surface area contributed by atoms with Gasteiger partial charge in [-0.25, -0.2) is 9.18 Å². The van der Waals surface area contributed by atoms with Crippen LogP contribution >= 0.6 is 0 Å². The van der Waals surface area contributed by atoms with Crippen LogP contribution in [-0.2, 0) is 22.4 Å². The average Bonchev–Trinajstić information content (AvgIpc) is 3.17. The zero-order valence-corrected chi connectivity index (χ0v) is 14.3. The first-order valence-electron chi connectivity index (χ1n) is 8.52. The molecule has 2 heterocycles. The van der Waals surface area contributed by atoms with E-state index in [1.54, 1.807) is 18.3 Å². The molecule has 1 aromatic carbocycles. The maximum atomic E-state index is 15.2. The number of hydrogen-bond donors (Lipinski definition) is 1. The van der Waals surface area contributed by atoms with Crippen molar-refractivity contribution in [1.29, 1.82) is 0 Å². The zero-order valence-electron chi connectivity index (χ0n) is 14.3. The van der Waals surface area contributed by atoms with Gasteiger partial charge in [0.25, 0.3) is 0 Å². The molecule has 4 rings (SSSR count). The molecular formula is C18H18FN3O4. The van der Waals surface area contributed by atoms with E-state index in [-0.39, 0.29) is 24.7 Å². The van der Waals surface area contributed by atoms with Crippen molar-refractivity contribution in [2.24, 2.45) is 0 Å². The summed E-state index contributed by atoms with van der Waals surface area (Å²) in [5, 5.41) is 6.42. The Kier molecular flexibility index (Phi) is 4.10. The van der Waals surface area contributed by atoms with E-state index >= 15 is 4.39 Å². The van der Waals surface area contributed by atoms with Crippen LogP contribution in [0.25, 0.3) is 11.1 Å². The van der Waals surface area contributed by atoms with Gasteiger partial charge in [0, 0.05) is 18.9 Å². The highest BCUT2D eigenvalue weighted by atomic mass is 19.1. The third kappa shape index (κ3) is 2.81. The van der Waals surface area contributed by atoms with Crippen LogP contribution in [0.2, 0.25) is 0 Å². The van der Waals surface area contributed by atoms with Crippen LogP contribution in [0.1, 0.15) is 24.7 Å². The summed E-state index contributed by atoms with van der Waals surface area (Å²) < 4.78 is 25.7. The van der Waals surface area contributed by atoms with Crippen LogP contribution in [0.4, 0.5) is 14.9 Å². The minimum Gasteiger partial charge on any atom is -0.442 e. The predicted octanol–water partition coefficient (Wildman–Crippen LogP) is 2.43. The number of nitrogens with one attached hydrogen (secondary N) is 1. The first-order valence-corrected chi connectivity index (χ1v) is 8.52. The quantitative estimate of drug-likeness (QED) is 0.910. The number of rotatable bonds is 3. The number of nitrogens with zero attached hydrogens (tertiary/aromatic N) is 2. The summed E-state index contributed by atoms with van der Waals surface area (Å²) in [6.07, 6.45) is 2.48. The first kappa shape index (κ1) is 16.6. The fraction of sp³-hybridized carbons (Fsp3) is 0.389. The van der Waals surface area contributed by atoms with Crippen molar-refractivity contribution in [3.8, 4) is 11.1 Å². The molecule has 0 unspecified atom stereocenters. The number of carbonyl (C=O) groups is 2. The minimum atomic E-state index is -0.613. The number of hydrogen-bond acceptors (Lipinski definition) is 5. The van der Waals surface area contributed by atoms with Gasteiger partial charge in [0.05, 0.1) is 25.0 Å². The number of ether oxygens (including phenoxy) is 1. The molecule has 136 valence electrons. The molecule has 0 spiro atoms. The molecule has 1 atom stereocenters. The third-order valence-corrected chi connectivity index (χ3v) is 4.73. The second kappa shape index (κ2) is 6.44. The smallest absolute Gasteiger partial charge is 0.414 e. The molecule has 7 nitrogen and oxygen atoms in total. The van der Waals surface area contributed by atoms with Crippen molar-refractivity contribution in [1.82, 2.24) is 10.5 Å². The molecule has 1 aliphatic carbocycles. The van der Waals surface area contributed by atoms with E-state index in [2.05, 4.69) is 10.5 Å². The van der Waals surface area contributed by atoms with E-state index in [0.29, 0.717) is 18.4 Å². The summed E-state index contributed by atoms with van der Waals surface area (Å²) in [6.45, 7) is 1.78. The lowest BCUT2D eigenvalue weighted by Gasteiger charge is -2.17. The maximum absolute atomic E-state index is 15.2. The van der Waals surface area contributed by atoms with Crippen molar-refractivity contribution >= 4 is 17.7 Å². The van der Waals surface area contributed by atoms with E-state index in [0.717, 1.165) is 23.3 Å². The van der Waals surface area contributed by atoms with Crippen LogP contribution < -0.4 is 10.2 Å². The van der Waals surface area contributed by atoms with Crippen LogP contribution in [-0.4, -0.2) is 36.4 Å². The molecule has 2 aromatic rings. The van der Waals surface area contributed by atoms with Crippen molar-refractivity contribution in [3.05, 3.63) is 35.5 Å². The summed E-state index contributed by atoms with van der Waals surface area (Å²) in [6, 6.07) is 3.38. The average molecular weight is 359 g/mol. The lowest BCUT2D eigenvalue weighted by Crippen LogP contribution is -2.33. The molecule has 26 heavy (non-hydrogen) atoms.